The van der Waals surface area contributed by atoms with Gasteiger partial charge in [-0.05, 0) is 41.0 Å². The molecule has 1 aromatic heterocycles. The summed E-state index contributed by atoms with van der Waals surface area (Å²) in [5, 5.41) is 3.38. The number of carbonyl (C=O) groups is 2. The van der Waals surface area contributed by atoms with Crippen LogP contribution in [0.5, 0.6) is 0 Å². The number of hydrogen-bond acceptors (Lipinski definition) is 6. The Labute approximate surface area is 253 Å². The lowest BCUT2D eigenvalue weighted by Gasteiger charge is -2.35. The third-order valence-corrected chi connectivity index (χ3v) is 8.13. The smallest absolute Gasteiger partial charge is 0.269 e. The number of anilines is 1. The van der Waals surface area contributed by atoms with E-state index >= 15 is 0 Å². The molecule has 42 heavy (non-hydrogen) atoms. The van der Waals surface area contributed by atoms with Crippen molar-refractivity contribution in [2.24, 2.45) is 0 Å². The zero-order chi connectivity index (χ0) is 29.8. The molecule has 2 heterocycles. The number of carbonyl (C=O) groups excluding carboxylic acids is 2. The van der Waals surface area contributed by atoms with Crippen LogP contribution < -0.4 is 10.9 Å². The fraction of sp³-hybridized carbons (Fsp3) is 0.290. The van der Waals surface area contributed by atoms with E-state index in [4.69, 9.17) is 27.9 Å². The molecule has 1 fully saturated rings. The summed E-state index contributed by atoms with van der Waals surface area (Å²) in [6, 6.07) is 18.6. The first-order valence-corrected chi connectivity index (χ1v) is 14.3. The molecule has 1 unspecified atom stereocenters. The average Bonchev–Trinajstić information content (AvgIpc) is 2.99. The summed E-state index contributed by atoms with van der Waals surface area (Å²) >= 11 is 12.4. The third kappa shape index (κ3) is 6.82. The molecule has 1 aliphatic rings. The minimum absolute atomic E-state index is 0.118. The van der Waals surface area contributed by atoms with E-state index < -0.39 is 5.56 Å². The van der Waals surface area contributed by atoms with Crippen LogP contribution in [-0.4, -0.2) is 71.1 Å². The number of likely N-dealkylation sites (N-methyl/N-ethyl adjacent to an activating group) is 1. The Bertz CT molecular complexity index is 1650. The number of halogens is 2. The summed E-state index contributed by atoms with van der Waals surface area (Å²) in [6.07, 6.45) is 1.19. The van der Waals surface area contributed by atoms with Crippen molar-refractivity contribution in [1.29, 1.82) is 0 Å². The molecule has 1 atom stereocenters. The van der Waals surface area contributed by atoms with Gasteiger partial charge < -0.3 is 15.0 Å². The minimum Gasteiger partial charge on any atom is -0.379 e. The second-order valence-corrected chi connectivity index (χ2v) is 11.1. The molecule has 1 N–H and O–H groups in total. The Hall–Kier alpha value is -3.76. The lowest BCUT2D eigenvalue weighted by atomic mass is 9.99. The molecule has 0 aliphatic carbocycles. The SMILES string of the molecule is CC(=O)Nc1ccc(-c2ccc(C(CN3CCOCC3)N(C)C(=O)Cn3c(=O)cnc4cc(Cl)c(Cl)cc43)cc2)cc1. The fourth-order valence-corrected chi connectivity index (χ4v) is 5.38. The van der Waals surface area contributed by atoms with Gasteiger partial charge in [0.05, 0.1) is 46.5 Å². The monoisotopic (exact) mass is 607 g/mol. The Kier molecular flexibility index (Phi) is 9.23. The van der Waals surface area contributed by atoms with Crippen molar-refractivity contribution in [3.8, 4) is 11.1 Å². The third-order valence-electron chi connectivity index (χ3n) is 7.41. The van der Waals surface area contributed by atoms with Gasteiger partial charge in [0.15, 0.2) is 0 Å². The molecule has 4 aromatic rings. The summed E-state index contributed by atoms with van der Waals surface area (Å²) in [5.74, 6) is -0.348. The Morgan fingerprint density at radius 3 is 2.26 bits per heavy atom. The van der Waals surface area contributed by atoms with Crippen LogP contribution in [0.3, 0.4) is 0 Å². The largest absolute Gasteiger partial charge is 0.379 e. The summed E-state index contributed by atoms with van der Waals surface area (Å²) < 4.78 is 6.91. The van der Waals surface area contributed by atoms with E-state index in [2.05, 4.69) is 15.2 Å². The summed E-state index contributed by atoms with van der Waals surface area (Å²) in [5.41, 5.74) is 4.24. The predicted octanol–water partition coefficient (Wildman–Crippen LogP) is 4.86. The van der Waals surface area contributed by atoms with Crippen LogP contribution >= 0.6 is 23.2 Å². The highest BCUT2D eigenvalue weighted by atomic mass is 35.5. The van der Waals surface area contributed by atoms with Crippen molar-refractivity contribution in [1.82, 2.24) is 19.4 Å². The number of rotatable bonds is 8. The number of benzene rings is 3. The van der Waals surface area contributed by atoms with Crippen molar-refractivity contribution >= 4 is 51.7 Å². The Morgan fingerprint density at radius 1 is 1.00 bits per heavy atom. The van der Waals surface area contributed by atoms with Crippen LogP contribution in [0.4, 0.5) is 5.69 Å². The summed E-state index contributed by atoms with van der Waals surface area (Å²) in [4.78, 5) is 46.0. The molecule has 0 radical (unpaired) electrons. The van der Waals surface area contributed by atoms with Gasteiger partial charge in [-0.3, -0.25) is 23.9 Å². The van der Waals surface area contributed by atoms with Crippen LogP contribution in [-0.2, 0) is 20.9 Å². The first kappa shape index (κ1) is 29.7. The average molecular weight is 609 g/mol. The maximum Gasteiger partial charge on any atom is 0.269 e. The van der Waals surface area contributed by atoms with Crippen molar-refractivity contribution in [3.05, 3.63) is 92.8 Å². The zero-order valence-electron chi connectivity index (χ0n) is 23.3. The lowest BCUT2D eigenvalue weighted by Crippen LogP contribution is -2.45. The van der Waals surface area contributed by atoms with E-state index in [1.165, 1.54) is 17.7 Å². The number of aromatic nitrogens is 2. The number of hydrogen-bond donors (Lipinski definition) is 1. The van der Waals surface area contributed by atoms with Crippen LogP contribution in [0.15, 0.2) is 71.7 Å². The van der Waals surface area contributed by atoms with E-state index in [0.29, 0.717) is 35.8 Å². The van der Waals surface area contributed by atoms with Gasteiger partial charge in [-0.2, -0.15) is 0 Å². The van der Waals surface area contributed by atoms with Crippen molar-refractivity contribution < 1.29 is 14.3 Å². The molecule has 3 aromatic carbocycles. The van der Waals surface area contributed by atoms with Crippen molar-refractivity contribution in [3.63, 3.8) is 0 Å². The topological polar surface area (TPSA) is 96.8 Å². The maximum atomic E-state index is 13.7. The maximum absolute atomic E-state index is 13.7. The first-order chi connectivity index (χ1) is 20.2. The van der Waals surface area contributed by atoms with Crippen LogP contribution in [0.1, 0.15) is 18.5 Å². The Balaban J connectivity index is 1.41. The molecule has 2 amide bonds. The molecular formula is C31H31Cl2N5O4. The van der Waals surface area contributed by atoms with Gasteiger partial charge in [0.2, 0.25) is 11.8 Å². The highest BCUT2D eigenvalue weighted by Crippen LogP contribution is 2.28. The molecule has 9 nitrogen and oxygen atoms in total. The summed E-state index contributed by atoms with van der Waals surface area (Å²) in [7, 11) is 1.76. The van der Waals surface area contributed by atoms with E-state index in [9.17, 15) is 14.4 Å². The number of amides is 2. The molecule has 218 valence electrons. The van der Waals surface area contributed by atoms with E-state index in [-0.39, 0.29) is 29.4 Å². The molecule has 5 rings (SSSR count). The second kappa shape index (κ2) is 13.0. The van der Waals surface area contributed by atoms with Gasteiger partial charge in [0.25, 0.3) is 5.56 Å². The van der Waals surface area contributed by atoms with E-state index in [1.54, 1.807) is 24.1 Å². The number of nitrogens with zero attached hydrogens (tertiary/aromatic N) is 4. The number of nitrogens with one attached hydrogen (secondary N) is 1. The summed E-state index contributed by atoms with van der Waals surface area (Å²) in [6.45, 7) is 4.73. The molecular weight excluding hydrogens is 577 g/mol. The van der Waals surface area contributed by atoms with Crippen LogP contribution in [0, 0.1) is 0 Å². The van der Waals surface area contributed by atoms with Crippen LogP contribution in [0.2, 0.25) is 10.0 Å². The highest BCUT2D eigenvalue weighted by molar-refractivity contribution is 6.42. The molecule has 0 spiro atoms. The standard InChI is InChI=1S/C31H31Cl2N5O4/c1-20(39)35-24-9-7-22(8-10-24)21-3-5-23(6-4-21)29(18-37-11-13-42-14-12-37)36(2)31(41)19-38-28-16-26(33)25(32)15-27(28)34-17-30(38)40/h3-10,15-17,29H,11-14,18-19H2,1-2H3,(H,35,39). The molecule has 1 aliphatic heterocycles. The number of ether oxygens (including phenoxy) is 1. The van der Waals surface area contributed by atoms with E-state index in [0.717, 1.165) is 35.5 Å². The van der Waals surface area contributed by atoms with E-state index in [1.807, 2.05) is 48.5 Å². The van der Waals surface area contributed by atoms with Gasteiger partial charge in [0.1, 0.15) is 6.54 Å². The predicted molar refractivity (Wildman–Crippen MR) is 165 cm³/mol. The highest BCUT2D eigenvalue weighted by Gasteiger charge is 2.26. The molecule has 0 bridgehead atoms. The molecule has 0 saturated carbocycles. The molecule has 1 saturated heterocycles. The first-order valence-electron chi connectivity index (χ1n) is 13.6. The van der Waals surface area contributed by atoms with Gasteiger partial charge in [-0.25, -0.2) is 4.98 Å². The van der Waals surface area contributed by atoms with Gasteiger partial charge in [-0.1, -0.05) is 59.6 Å². The Morgan fingerprint density at radius 2 is 1.62 bits per heavy atom. The normalized spacial score (nSPS) is 14.5. The number of morpholine rings is 1. The van der Waals surface area contributed by atoms with Crippen LogP contribution in [0.25, 0.3) is 22.2 Å². The zero-order valence-corrected chi connectivity index (χ0v) is 24.9. The fourth-order valence-electron chi connectivity index (χ4n) is 5.07. The number of fused-ring (bicyclic) bond motifs is 1. The second-order valence-electron chi connectivity index (χ2n) is 10.3. The lowest BCUT2D eigenvalue weighted by molar-refractivity contribution is -0.133. The minimum atomic E-state index is -0.402. The van der Waals surface area contributed by atoms with Gasteiger partial charge in [-0.15, -0.1) is 0 Å². The molecule has 11 heteroatoms. The quantitative estimate of drug-likeness (QED) is 0.307. The van der Waals surface area contributed by atoms with Crippen molar-refractivity contribution in [2.45, 2.75) is 19.5 Å². The van der Waals surface area contributed by atoms with Gasteiger partial charge >= 0.3 is 0 Å². The van der Waals surface area contributed by atoms with Gasteiger partial charge in [0, 0.05) is 39.3 Å². The van der Waals surface area contributed by atoms with Crippen molar-refractivity contribution in [2.75, 3.05) is 45.2 Å².